The zero-order valence-electron chi connectivity index (χ0n) is 8.43. The first-order valence-corrected chi connectivity index (χ1v) is 5.68. The number of ether oxygens (including phenoxy) is 1. The molecule has 2 N–H and O–H groups in total. The quantitative estimate of drug-likeness (QED) is 0.827. The molecule has 0 bridgehead atoms. The van der Waals surface area contributed by atoms with Crippen LogP contribution >= 0.6 is 11.5 Å². The van der Waals surface area contributed by atoms with Crippen LogP contribution in [0.5, 0.6) is 5.19 Å². The molecule has 5 heteroatoms. The Morgan fingerprint density at radius 2 is 2.21 bits per heavy atom. The van der Waals surface area contributed by atoms with Gasteiger partial charge in [-0.2, -0.15) is 9.36 Å². The summed E-state index contributed by atoms with van der Waals surface area (Å²) >= 11 is 1.33. The second kappa shape index (κ2) is 3.82. The van der Waals surface area contributed by atoms with E-state index in [1.54, 1.807) is 0 Å². The molecule has 0 aliphatic heterocycles. The second-order valence-corrected chi connectivity index (χ2v) is 4.76. The largest absolute Gasteiger partial charge is 0.466 e. The Morgan fingerprint density at radius 3 is 2.71 bits per heavy atom. The van der Waals surface area contributed by atoms with Gasteiger partial charge in [-0.1, -0.05) is 13.8 Å². The zero-order valence-corrected chi connectivity index (χ0v) is 9.25. The molecule has 1 aromatic heterocycles. The monoisotopic (exact) mass is 213 g/mol. The van der Waals surface area contributed by atoms with Crippen molar-refractivity contribution in [3.63, 3.8) is 0 Å². The minimum atomic E-state index is 0.262. The second-order valence-electron chi connectivity index (χ2n) is 4.04. The van der Waals surface area contributed by atoms with Crippen LogP contribution < -0.4 is 10.5 Å². The van der Waals surface area contributed by atoms with Gasteiger partial charge in [-0.15, -0.1) is 0 Å². The number of rotatable bonds is 3. The van der Waals surface area contributed by atoms with Gasteiger partial charge in [0, 0.05) is 23.5 Å². The van der Waals surface area contributed by atoms with Crippen LogP contribution in [0.4, 0.5) is 0 Å². The predicted octanol–water partition coefficient (Wildman–Crippen LogP) is 1.53. The number of nitrogens with zero attached hydrogens (tertiary/aromatic N) is 2. The fraction of sp³-hybridized carbons (Fsp3) is 0.778. The molecule has 14 heavy (non-hydrogen) atoms. The Balaban J connectivity index is 1.90. The van der Waals surface area contributed by atoms with Crippen molar-refractivity contribution < 1.29 is 4.74 Å². The maximum absolute atomic E-state index is 5.66. The molecule has 2 rings (SSSR count). The SMILES string of the molecule is CC(C)c1nsc(OC2CC(N)C2)n1. The Labute approximate surface area is 87.7 Å². The molecule has 1 fully saturated rings. The fourth-order valence-corrected chi connectivity index (χ4v) is 2.08. The highest BCUT2D eigenvalue weighted by molar-refractivity contribution is 7.07. The van der Waals surface area contributed by atoms with E-state index in [0.29, 0.717) is 17.2 Å². The predicted molar refractivity (Wildman–Crippen MR) is 55.6 cm³/mol. The Hall–Kier alpha value is -0.680. The van der Waals surface area contributed by atoms with Crippen LogP contribution in [0.1, 0.15) is 38.4 Å². The molecule has 1 aliphatic carbocycles. The van der Waals surface area contributed by atoms with Gasteiger partial charge in [0.1, 0.15) is 11.9 Å². The zero-order chi connectivity index (χ0) is 10.1. The van der Waals surface area contributed by atoms with Crippen molar-refractivity contribution in [2.45, 2.75) is 44.8 Å². The van der Waals surface area contributed by atoms with E-state index in [1.165, 1.54) is 11.5 Å². The van der Waals surface area contributed by atoms with Crippen LogP contribution in [0.15, 0.2) is 0 Å². The number of nitrogens with two attached hydrogens (primary N) is 1. The molecular formula is C9H15N3OS. The smallest absolute Gasteiger partial charge is 0.293 e. The summed E-state index contributed by atoms with van der Waals surface area (Å²) in [5, 5.41) is 0.686. The molecule has 0 spiro atoms. The highest BCUT2D eigenvalue weighted by Gasteiger charge is 2.28. The molecule has 1 heterocycles. The third-order valence-corrected chi connectivity index (χ3v) is 2.96. The molecule has 0 unspecified atom stereocenters. The summed E-state index contributed by atoms with van der Waals surface area (Å²) in [6, 6.07) is 0.317. The lowest BCUT2D eigenvalue weighted by molar-refractivity contribution is 0.100. The van der Waals surface area contributed by atoms with Crippen LogP contribution in [0.2, 0.25) is 0 Å². The van der Waals surface area contributed by atoms with Gasteiger partial charge in [0.2, 0.25) is 0 Å². The first-order chi connectivity index (χ1) is 6.65. The number of hydrogen-bond acceptors (Lipinski definition) is 5. The van der Waals surface area contributed by atoms with Gasteiger partial charge >= 0.3 is 0 Å². The summed E-state index contributed by atoms with van der Waals surface area (Å²) in [6.07, 6.45) is 2.14. The summed E-state index contributed by atoms with van der Waals surface area (Å²) in [7, 11) is 0. The van der Waals surface area contributed by atoms with E-state index in [4.69, 9.17) is 10.5 Å². The summed E-state index contributed by atoms with van der Waals surface area (Å²) < 4.78 is 9.84. The Morgan fingerprint density at radius 1 is 1.50 bits per heavy atom. The van der Waals surface area contributed by atoms with Gasteiger partial charge in [-0.05, 0) is 12.8 Å². The lowest BCUT2D eigenvalue weighted by Crippen LogP contribution is -2.43. The summed E-state index contributed by atoms with van der Waals surface area (Å²) in [4.78, 5) is 4.30. The van der Waals surface area contributed by atoms with E-state index in [0.717, 1.165) is 18.7 Å². The van der Waals surface area contributed by atoms with Crippen molar-refractivity contribution >= 4 is 11.5 Å². The van der Waals surface area contributed by atoms with Crippen molar-refractivity contribution in [1.82, 2.24) is 9.36 Å². The summed E-state index contributed by atoms with van der Waals surface area (Å²) in [5.41, 5.74) is 5.66. The first-order valence-electron chi connectivity index (χ1n) is 4.91. The molecule has 1 aliphatic rings. The van der Waals surface area contributed by atoms with E-state index in [9.17, 15) is 0 Å². The molecule has 4 nitrogen and oxygen atoms in total. The standard InChI is InChI=1S/C9H15N3OS/c1-5(2)8-11-9(14-12-8)13-7-3-6(10)4-7/h5-7H,3-4,10H2,1-2H3. The average Bonchev–Trinajstić information content (AvgIpc) is 2.50. The highest BCUT2D eigenvalue weighted by Crippen LogP contribution is 2.26. The lowest BCUT2D eigenvalue weighted by atomic mass is 9.90. The van der Waals surface area contributed by atoms with Crippen molar-refractivity contribution in [3.8, 4) is 5.19 Å². The Kier molecular flexibility index (Phi) is 2.69. The lowest BCUT2D eigenvalue weighted by Gasteiger charge is -2.31. The maximum Gasteiger partial charge on any atom is 0.293 e. The van der Waals surface area contributed by atoms with E-state index in [1.807, 2.05) is 0 Å². The molecule has 78 valence electrons. The maximum atomic E-state index is 5.66. The van der Waals surface area contributed by atoms with Crippen molar-refractivity contribution in [3.05, 3.63) is 5.82 Å². The average molecular weight is 213 g/mol. The molecule has 1 saturated carbocycles. The minimum Gasteiger partial charge on any atom is -0.466 e. The van der Waals surface area contributed by atoms with Gasteiger partial charge < -0.3 is 10.5 Å². The van der Waals surface area contributed by atoms with Crippen molar-refractivity contribution in [2.24, 2.45) is 5.73 Å². The van der Waals surface area contributed by atoms with Crippen molar-refractivity contribution in [2.75, 3.05) is 0 Å². The van der Waals surface area contributed by atoms with Crippen LogP contribution in [-0.4, -0.2) is 21.5 Å². The molecule has 0 radical (unpaired) electrons. The van der Waals surface area contributed by atoms with Crippen LogP contribution in [-0.2, 0) is 0 Å². The molecule has 1 aromatic rings. The first kappa shape index (κ1) is 9.86. The molecular weight excluding hydrogens is 198 g/mol. The minimum absolute atomic E-state index is 0.262. The molecule has 0 amide bonds. The van der Waals surface area contributed by atoms with Gasteiger partial charge in [-0.25, -0.2) is 0 Å². The summed E-state index contributed by atoms with van der Waals surface area (Å²) in [5.74, 6) is 1.24. The molecule has 0 saturated heterocycles. The van der Waals surface area contributed by atoms with Gasteiger partial charge in [0.05, 0.1) is 0 Å². The van der Waals surface area contributed by atoms with E-state index in [-0.39, 0.29) is 6.10 Å². The van der Waals surface area contributed by atoms with E-state index in [2.05, 4.69) is 23.2 Å². The van der Waals surface area contributed by atoms with Gasteiger partial charge in [0.25, 0.3) is 5.19 Å². The molecule has 0 aromatic carbocycles. The van der Waals surface area contributed by atoms with E-state index < -0.39 is 0 Å². The third-order valence-electron chi connectivity index (χ3n) is 2.34. The van der Waals surface area contributed by atoms with Crippen LogP contribution in [0.3, 0.4) is 0 Å². The van der Waals surface area contributed by atoms with Crippen LogP contribution in [0.25, 0.3) is 0 Å². The highest BCUT2D eigenvalue weighted by atomic mass is 32.1. The topological polar surface area (TPSA) is 61.0 Å². The normalized spacial score (nSPS) is 26.3. The number of hydrogen-bond donors (Lipinski definition) is 1. The number of aromatic nitrogens is 2. The van der Waals surface area contributed by atoms with Crippen LogP contribution in [0, 0.1) is 0 Å². The van der Waals surface area contributed by atoms with Gasteiger partial charge in [0.15, 0.2) is 0 Å². The van der Waals surface area contributed by atoms with Gasteiger partial charge in [-0.3, -0.25) is 0 Å². The molecule has 0 atom stereocenters. The van der Waals surface area contributed by atoms with E-state index >= 15 is 0 Å². The van der Waals surface area contributed by atoms with Crippen molar-refractivity contribution in [1.29, 1.82) is 0 Å². The Bertz CT molecular complexity index is 307. The summed E-state index contributed by atoms with van der Waals surface area (Å²) in [6.45, 7) is 4.15. The third kappa shape index (κ3) is 2.04. The fourth-order valence-electron chi connectivity index (χ4n) is 1.35.